The van der Waals surface area contributed by atoms with E-state index in [1.54, 1.807) is 23.1 Å². The number of anilines is 1. The van der Waals surface area contributed by atoms with Crippen LogP contribution in [0.15, 0.2) is 30.6 Å². The average Bonchev–Trinajstić information content (AvgIpc) is 2.54. The van der Waals surface area contributed by atoms with Crippen LogP contribution in [0.1, 0.15) is 27.8 Å². The molecule has 3 heterocycles. The zero-order chi connectivity index (χ0) is 15.5. The molecule has 7 nitrogen and oxygen atoms in total. The van der Waals surface area contributed by atoms with Gasteiger partial charge in [-0.05, 0) is 25.1 Å². The Morgan fingerprint density at radius 1 is 1.41 bits per heavy atom. The van der Waals surface area contributed by atoms with Crippen molar-refractivity contribution in [3.8, 4) is 0 Å². The Hall–Kier alpha value is -2.54. The van der Waals surface area contributed by atoms with Gasteiger partial charge in [0.15, 0.2) is 0 Å². The summed E-state index contributed by atoms with van der Waals surface area (Å²) in [6.07, 6.45) is 2.71. The standard InChI is InChI=1S/C15H17N5O2/c1-10-6-12(16)7-13(19-10)14-9-20(4-5-22-14)15(21)11-2-3-17-18-8-11/h2-3,6-8,14H,4-5,9H2,1H3,(H2,16,19)/t14-/m0/s1. The van der Waals surface area contributed by atoms with Gasteiger partial charge in [0.25, 0.3) is 5.91 Å². The van der Waals surface area contributed by atoms with E-state index in [2.05, 4.69) is 15.2 Å². The van der Waals surface area contributed by atoms with Crippen molar-refractivity contribution in [1.82, 2.24) is 20.1 Å². The highest BCUT2D eigenvalue weighted by Gasteiger charge is 2.27. The molecule has 1 aliphatic heterocycles. The number of carbonyl (C=O) groups excluding carboxylic acids is 1. The Morgan fingerprint density at radius 3 is 3.00 bits per heavy atom. The van der Waals surface area contributed by atoms with Gasteiger partial charge < -0.3 is 15.4 Å². The van der Waals surface area contributed by atoms with Gasteiger partial charge in [0.05, 0.1) is 36.8 Å². The van der Waals surface area contributed by atoms with Crippen molar-refractivity contribution >= 4 is 11.6 Å². The van der Waals surface area contributed by atoms with E-state index < -0.39 is 0 Å². The highest BCUT2D eigenvalue weighted by molar-refractivity contribution is 5.93. The number of hydrogen-bond acceptors (Lipinski definition) is 6. The van der Waals surface area contributed by atoms with Crippen molar-refractivity contribution in [3.05, 3.63) is 47.5 Å². The van der Waals surface area contributed by atoms with Crippen LogP contribution in [0, 0.1) is 6.92 Å². The van der Waals surface area contributed by atoms with Crippen molar-refractivity contribution < 1.29 is 9.53 Å². The van der Waals surface area contributed by atoms with Crippen LogP contribution in [0.5, 0.6) is 0 Å². The van der Waals surface area contributed by atoms with Crippen molar-refractivity contribution in [2.45, 2.75) is 13.0 Å². The molecule has 1 saturated heterocycles. The SMILES string of the molecule is Cc1cc(N)cc([C@@H]2CN(C(=O)c3ccnnc3)CCO2)n1. The van der Waals surface area contributed by atoms with Crippen LogP contribution in [-0.4, -0.2) is 45.7 Å². The minimum absolute atomic E-state index is 0.0798. The van der Waals surface area contributed by atoms with E-state index in [-0.39, 0.29) is 12.0 Å². The molecule has 0 spiro atoms. The number of aromatic nitrogens is 3. The Labute approximate surface area is 128 Å². The predicted octanol–water partition coefficient (Wildman–Crippen LogP) is 0.976. The molecule has 2 N–H and O–H groups in total. The minimum Gasteiger partial charge on any atom is -0.399 e. The third-order valence-corrected chi connectivity index (χ3v) is 3.51. The first kappa shape index (κ1) is 14.4. The van der Waals surface area contributed by atoms with E-state index in [1.807, 2.05) is 6.92 Å². The molecule has 0 aromatic carbocycles. The molecule has 2 aromatic heterocycles. The number of amides is 1. The van der Waals surface area contributed by atoms with E-state index in [4.69, 9.17) is 10.5 Å². The van der Waals surface area contributed by atoms with Crippen molar-refractivity contribution in [3.63, 3.8) is 0 Å². The first-order valence-corrected chi connectivity index (χ1v) is 7.05. The summed E-state index contributed by atoms with van der Waals surface area (Å²) in [5, 5.41) is 7.43. The molecule has 1 fully saturated rings. The maximum atomic E-state index is 12.5. The number of pyridine rings is 1. The molecule has 0 aliphatic carbocycles. The Kier molecular flexibility index (Phi) is 3.97. The summed E-state index contributed by atoms with van der Waals surface area (Å²) in [7, 11) is 0. The zero-order valence-corrected chi connectivity index (χ0v) is 12.3. The van der Waals surface area contributed by atoms with Gasteiger partial charge in [-0.2, -0.15) is 10.2 Å². The van der Waals surface area contributed by atoms with Crippen LogP contribution < -0.4 is 5.73 Å². The Bertz CT molecular complexity index is 657. The molecular weight excluding hydrogens is 282 g/mol. The number of aryl methyl sites for hydroxylation is 1. The fraction of sp³-hybridized carbons (Fsp3) is 0.333. The second-order valence-electron chi connectivity index (χ2n) is 5.21. The second-order valence-corrected chi connectivity index (χ2v) is 5.21. The molecule has 1 atom stereocenters. The lowest BCUT2D eigenvalue weighted by Crippen LogP contribution is -2.42. The molecule has 0 unspecified atom stereocenters. The van der Waals surface area contributed by atoms with Crippen molar-refractivity contribution in [2.24, 2.45) is 0 Å². The van der Waals surface area contributed by atoms with Gasteiger partial charge >= 0.3 is 0 Å². The lowest BCUT2D eigenvalue weighted by atomic mass is 10.1. The van der Waals surface area contributed by atoms with Crippen LogP contribution in [0.2, 0.25) is 0 Å². The van der Waals surface area contributed by atoms with Crippen LogP contribution in [0.4, 0.5) is 5.69 Å². The van der Waals surface area contributed by atoms with Crippen molar-refractivity contribution in [2.75, 3.05) is 25.4 Å². The molecule has 2 aromatic rings. The van der Waals surface area contributed by atoms with Crippen LogP contribution in [0.25, 0.3) is 0 Å². The highest BCUT2D eigenvalue weighted by Crippen LogP contribution is 2.23. The summed E-state index contributed by atoms with van der Waals surface area (Å²) in [5.41, 5.74) is 8.61. The monoisotopic (exact) mass is 299 g/mol. The second kappa shape index (κ2) is 6.07. The molecular formula is C15H17N5O2. The maximum absolute atomic E-state index is 12.5. The fourth-order valence-electron chi connectivity index (χ4n) is 2.50. The minimum atomic E-state index is -0.269. The number of nitrogens with zero attached hydrogens (tertiary/aromatic N) is 4. The summed E-state index contributed by atoms with van der Waals surface area (Å²) in [6, 6.07) is 5.25. The van der Waals surface area contributed by atoms with E-state index in [0.29, 0.717) is 30.9 Å². The number of morpholine rings is 1. The predicted molar refractivity (Wildman–Crippen MR) is 80.0 cm³/mol. The van der Waals surface area contributed by atoms with Gasteiger partial charge in [-0.25, -0.2) is 0 Å². The summed E-state index contributed by atoms with van der Waals surface area (Å²) in [5.74, 6) is -0.0798. The number of nitrogens with two attached hydrogens (primary N) is 1. The summed E-state index contributed by atoms with van der Waals surface area (Å²) < 4.78 is 5.75. The van der Waals surface area contributed by atoms with Gasteiger partial charge in [-0.1, -0.05) is 0 Å². The summed E-state index contributed by atoms with van der Waals surface area (Å²) in [6.45, 7) is 3.33. The van der Waals surface area contributed by atoms with Crippen LogP contribution in [-0.2, 0) is 4.74 Å². The fourth-order valence-corrected chi connectivity index (χ4v) is 2.50. The third kappa shape index (κ3) is 3.04. The van der Waals surface area contributed by atoms with Crippen molar-refractivity contribution in [1.29, 1.82) is 0 Å². The van der Waals surface area contributed by atoms with Crippen LogP contribution in [0.3, 0.4) is 0 Å². The van der Waals surface area contributed by atoms with E-state index in [9.17, 15) is 4.79 Å². The van der Waals surface area contributed by atoms with E-state index >= 15 is 0 Å². The largest absolute Gasteiger partial charge is 0.399 e. The summed E-state index contributed by atoms with van der Waals surface area (Å²) in [4.78, 5) is 18.7. The first-order chi connectivity index (χ1) is 10.6. The molecule has 114 valence electrons. The smallest absolute Gasteiger partial charge is 0.255 e. The van der Waals surface area contributed by atoms with E-state index in [1.165, 1.54) is 12.4 Å². The van der Waals surface area contributed by atoms with E-state index in [0.717, 1.165) is 11.4 Å². The number of carbonyl (C=O) groups is 1. The number of nitrogen functional groups attached to an aromatic ring is 1. The normalized spacial score (nSPS) is 18.2. The molecule has 7 heteroatoms. The maximum Gasteiger partial charge on any atom is 0.255 e. The lowest BCUT2D eigenvalue weighted by molar-refractivity contribution is -0.0247. The Morgan fingerprint density at radius 2 is 2.27 bits per heavy atom. The van der Waals surface area contributed by atoms with Gasteiger partial charge in [-0.3, -0.25) is 9.78 Å². The van der Waals surface area contributed by atoms with Crippen LogP contribution >= 0.6 is 0 Å². The lowest BCUT2D eigenvalue weighted by Gasteiger charge is -2.32. The van der Waals surface area contributed by atoms with Gasteiger partial charge in [0.2, 0.25) is 0 Å². The topological polar surface area (TPSA) is 94.2 Å². The molecule has 3 rings (SSSR count). The molecule has 0 bridgehead atoms. The average molecular weight is 299 g/mol. The van der Waals surface area contributed by atoms with Gasteiger partial charge in [0.1, 0.15) is 6.10 Å². The zero-order valence-electron chi connectivity index (χ0n) is 12.3. The molecule has 0 saturated carbocycles. The number of ether oxygens (including phenoxy) is 1. The number of rotatable bonds is 2. The first-order valence-electron chi connectivity index (χ1n) is 7.05. The molecule has 1 aliphatic rings. The number of hydrogen-bond donors (Lipinski definition) is 1. The summed E-state index contributed by atoms with van der Waals surface area (Å²) >= 11 is 0. The Balaban J connectivity index is 1.78. The molecule has 22 heavy (non-hydrogen) atoms. The third-order valence-electron chi connectivity index (χ3n) is 3.51. The highest BCUT2D eigenvalue weighted by atomic mass is 16.5. The quantitative estimate of drug-likeness (QED) is 0.888. The molecule has 0 radical (unpaired) electrons. The van der Waals surface area contributed by atoms with Gasteiger partial charge in [-0.15, -0.1) is 0 Å². The molecule has 1 amide bonds. The van der Waals surface area contributed by atoms with Gasteiger partial charge in [0, 0.05) is 17.9 Å².